The van der Waals surface area contributed by atoms with Crippen molar-refractivity contribution in [2.24, 2.45) is 0 Å². The predicted octanol–water partition coefficient (Wildman–Crippen LogP) is 3.20. The normalized spacial score (nSPS) is 14.2. The molecule has 0 radical (unpaired) electrons. The fourth-order valence-electron chi connectivity index (χ4n) is 2.19. The Bertz CT molecular complexity index is 469. The number of benzene rings is 1. The SMILES string of the molecule is CCc1c(CC(C)=O)c(Cl)cc2c1OCCCO2. The van der Waals surface area contributed by atoms with Crippen LogP contribution in [0.4, 0.5) is 0 Å². The Morgan fingerprint density at radius 1 is 1.33 bits per heavy atom. The molecule has 1 aromatic rings. The van der Waals surface area contributed by atoms with Gasteiger partial charge in [0, 0.05) is 29.5 Å². The summed E-state index contributed by atoms with van der Waals surface area (Å²) in [5, 5.41) is 0.589. The summed E-state index contributed by atoms with van der Waals surface area (Å²) in [6.45, 7) is 4.88. The molecule has 0 aromatic heterocycles. The van der Waals surface area contributed by atoms with Crippen molar-refractivity contribution in [3.63, 3.8) is 0 Å². The molecule has 0 bridgehead atoms. The second-order valence-corrected chi connectivity index (χ2v) is 4.83. The van der Waals surface area contributed by atoms with Crippen LogP contribution < -0.4 is 9.47 Å². The van der Waals surface area contributed by atoms with Crippen LogP contribution in [0.25, 0.3) is 0 Å². The van der Waals surface area contributed by atoms with Crippen molar-refractivity contribution in [1.82, 2.24) is 0 Å². The van der Waals surface area contributed by atoms with E-state index in [-0.39, 0.29) is 5.78 Å². The highest BCUT2D eigenvalue weighted by Crippen LogP contribution is 2.40. The van der Waals surface area contributed by atoms with Gasteiger partial charge in [-0.15, -0.1) is 0 Å². The molecule has 0 saturated heterocycles. The van der Waals surface area contributed by atoms with Gasteiger partial charge in [-0.1, -0.05) is 18.5 Å². The molecule has 98 valence electrons. The fraction of sp³-hybridized carbons (Fsp3) is 0.500. The monoisotopic (exact) mass is 268 g/mol. The van der Waals surface area contributed by atoms with Crippen LogP contribution in [0.5, 0.6) is 11.5 Å². The summed E-state index contributed by atoms with van der Waals surface area (Å²) in [5.41, 5.74) is 1.87. The molecule has 0 aliphatic carbocycles. The van der Waals surface area contributed by atoms with Gasteiger partial charge < -0.3 is 9.47 Å². The third-order valence-corrected chi connectivity index (χ3v) is 3.32. The summed E-state index contributed by atoms with van der Waals surface area (Å²) in [4.78, 5) is 11.3. The van der Waals surface area contributed by atoms with E-state index in [4.69, 9.17) is 21.1 Å². The average molecular weight is 269 g/mol. The number of rotatable bonds is 3. The Morgan fingerprint density at radius 3 is 2.72 bits per heavy atom. The number of hydrogen-bond donors (Lipinski definition) is 0. The topological polar surface area (TPSA) is 35.5 Å². The van der Waals surface area contributed by atoms with Crippen LogP contribution >= 0.6 is 11.6 Å². The maximum absolute atomic E-state index is 11.3. The quantitative estimate of drug-likeness (QED) is 0.845. The van der Waals surface area contributed by atoms with Gasteiger partial charge in [0.1, 0.15) is 5.78 Å². The van der Waals surface area contributed by atoms with Crippen LogP contribution in [0.15, 0.2) is 6.07 Å². The molecule has 1 heterocycles. The second-order valence-electron chi connectivity index (χ2n) is 4.43. The Labute approximate surface area is 112 Å². The zero-order chi connectivity index (χ0) is 13.1. The smallest absolute Gasteiger partial charge is 0.164 e. The third-order valence-electron chi connectivity index (χ3n) is 2.98. The van der Waals surface area contributed by atoms with E-state index in [9.17, 15) is 4.79 Å². The first kappa shape index (κ1) is 13.2. The number of hydrogen-bond acceptors (Lipinski definition) is 3. The van der Waals surface area contributed by atoms with Crippen LogP contribution in [0.3, 0.4) is 0 Å². The molecular weight excluding hydrogens is 252 g/mol. The van der Waals surface area contributed by atoms with Gasteiger partial charge in [-0.3, -0.25) is 4.79 Å². The number of ketones is 1. The lowest BCUT2D eigenvalue weighted by Gasteiger charge is -2.17. The minimum atomic E-state index is 0.0982. The van der Waals surface area contributed by atoms with E-state index in [1.54, 1.807) is 13.0 Å². The van der Waals surface area contributed by atoms with Crippen molar-refractivity contribution >= 4 is 17.4 Å². The third kappa shape index (κ3) is 2.61. The summed E-state index contributed by atoms with van der Waals surface area (Å²) >= 11 is 6.25. The maximum atomic E-state index is 11.3. The minimum Gasteiger partial charge on any atom is -0.489 e. The van der Waals surface area contributed by atoms with Crippen LogP contribution in [0.2, 0.25) is 5.02 Å². The number of ether oxygens (including phenoxy) is 2. The van der Waals surface area contributed by atoms with Gasteiger partial charge in [0.25, 0.3) is 0 Å². The molecule has 0 unspecified atom stereocenters. The second kappa shape index (κ2) is 5.61. The average Bonchev–Trinajstić information content (AvgIpc) is 2.54. The highest BCUT2D eigenvalue weighted by atomic mass is 35.5. The van der Waals surface area contributed by atoms with Gasteiger partial charge in [-0.05, 0) is 18.9 Å². The summed E-state index contributed by atoms with van der Waals surface area (Å²) in [7, 11) is 0. The van der Waals surface area contributed by atoms with Gasteiger partial charge in [-0.2, -0.15) is 0 Å². The van der Waals surface area contributed by atoms with Crippen LogP contribution in [0.1, 0.15) is 31.4 Å². The molecule has 0 atom stereocenters. The van der Waals surface area contributed by atoms with Crippen molar-refractivity contribution < 1.29 is 14.3 Å². The first-order valence-corrected chi connectivity index (χ1v) is 6.60. The lowest BCUT2D eigenvalue weighted by Crippen LogP contribution is -2.05. The van der Waals surface area contributed by atoms with Crippen LogP contribution in [-0.2, 0) is 17.6 Å². The molecule has 0 saturated carbocycles. The van der Waals surface area contributed by atoms with Gasteiger partial charge in [0.2, 0.25) is 0 Å². The zero-order valence-electron chi connectivity index (χ0n) is 10.7. The summed E-state index contributed by atoms with van der Waals surface area (Å²) in [6, 6.07) is 1.76. The van der Waals surface area contributed by atoms with Gasteiger partial charge >= 0.3 is 0 Å². The molecule has 1 aromatic carbocycles. The largest absolute Gasteiger partial charge is 0.489 e. The van der Waals surface area contributed by atoms with E-state index in [0.29, 0.717) is 30.4 Å². The Hall–Kier alpha value is -1.22. The van der Waals surface area contributed by atoms with Crippen molar-refractivity contribution in [1.29, 1.82) is 0 Å². The lowest BCUT2D eigenvalue weighted by molar-refractivity contribution is -0.116. The molecular formula is C14H17ClO3. The summed E-state index contributed by atoms with van der Waals surface area (Å²) in [6.07, 6.45) is 1.98. The van der Waals surface area contributed by atoms with Crippen molar-refractivity contribution in [2.75, 3.05) is 13.2 Å². The van der Waals surface area contributed by atoms with Crippen molar-refractivity contribution in [3.8, 4) is 11.5 Å². The number of fused-ring (bicyclic) bond motifs is 1. The molecule has 0 spiro atoms. The fourth-order valence-corrected chi connectivity index (χ4v) is 2.47. The molecule has 4 heteroatoms. The van der Waals surface area contributed by atoms with Crippen molar-refractivity contribution in [3.05, 3.63) is 22.2 Å². The Kier molecular flexibility index (Phi) is 4.12. The lowest BCUT2D eigenvalue weighted by atomic mass is 9.99. The van der Waals surface area contributed by atoms with Gasteiger partial charge in [-0.25, -0.2) is 0 Å². The van der Waals surface area contributed by atoms with E-state index in [1.165, 1.54) is 0 Å². The molecule has 2 rings (SSSR count). The molecule has 3 nitrogen and oxygen atoms in total. The zero-order valence-corrected chi connectivity index (χ0v) is 11.5. The minimum absolute atomic E-state index is 0.0982. The molecule has 1 aliphatic heterocycles. The molecule has 0 fully saturated rings. The van der Waals surface area contributed by atoms with E-state index in [2.05, 4.69) is 0 Å². The first-order valence-electron chi connectivity index (χ1n) is 6.22. The van der Waals surface area contributed by atoms with E-state index in [0.717, 1.165) is 29.7 Å². The van der Waals surface area contributed by atoms with Gasteiger partial charge in [0.05, 0.1) is 13.2 Å². The highest BCUT2D eigenvalue weighted by Gasteiger charge is 2.21. The Morgan fingerprint density at radius 2 is 2.06 bits per heavy atom. The molecule has 0 N–H and O–H groups in total. The number of carbonyl (C=O) groups is 1. The molecule has 18 heavy (non-hydrogen) atoms. The van der Waals surface area contributed by atoms with E-state index >= 15 is 0 Å². The van der Waals surface area contributed by atoms with Gasteiger partial charge in [0.15, 0.2) is 11.5 Å². The van der Waals surface area contributed by atoms with Crippen LogP contribution in [-0.4, -0.2) is 19.0 Å². The van der Waals surface area contributed by atoms with Crippen LogP contribution in [0, 0.1) is 0 Å². The molecule has 0 amide bonds. The maximum Gasteiger partial charge on any atom is 0.164 e. The van der Waals surface area contributed by atoms with E-state index < -0.39 is 0 Å². The molecule has 1 aliphatic rings. The first-order chi connectivity index (χ1) is 8.63. The summed E-state index contributed by atoms with van der Waals surface area (Å²) < 4.78 is 11.4. The highest BCUT2D eigenvalue weighted by molar-refractivity contribution is 6.32. The number of Topliss-reactive ketones (excluding diaryl/α,β-unsaturated/α-hetero) is 1. The van der Waals surface area contributed by atoms with E-state index in [1.807, 2.05) is 6.92 Å². The Balaban J connectivity index is 2.53. The standard InChI is InChI=1S/C14H17ClO3/c1-3-10-11(7-9(2)16)12(15)8-13-14(10)18-6-4-5-17-13/h8H,3-7H2,1-2H3. The van der Waals surface area contributed by atoms with Crippen molar-refractivity contribution in [2.45, 2.75) is 33.1 Å². The number of halogens is 1. The number of carbonyl (C=O) groups excluding carboxylic acids is 1. The summed E-state index contributed by atoms with van der Waals surface area (Å²) in [5.74, 6) is 1.55. The predicted molar refractivity (Wildman–Crippen MR) is 70.8 cm³/mol.